The van der Waals surface area contributed by atoms with E-state index in [1.165, 1.54) is 0 Å². The molecule has 0 bridgehead atoms. The standard InChI is InChI=1S/C8H8N2/c1-2-7-3-5-8(10-9)6-4-7/h2-5H,1,6H2. The molecule has 0 aromatic carbocycles. The monoisotopic (exact) mass is 132 g/mol. The molecule has 0 aliphatic heterocycles. The van der Waals surface area contributed by atoms with Crippen molar-refractivity contribution in [3.8, 4) is 0 Å². The second-order valence-corrected chi connectivity index (χ2v) is 2.04. The molecule has 0 radical (unpaired) electrons. The zero-order valence-corrected chi connectivity index (χ0v) is 5.62. The van der Waals surface area contributed by atoms with Gasteiger partial charge >= 0.3 is 0 Å². The van der Waals surface area contributed by atoms with Crippen molar-refractivity contribution in [1.29, 1.82) is 0 Å². The summed E-state index contributed by atoms with van der Waals surface area (Å²) in [5.41, 5.74) is 10.1. The van der Waals surface area contributed by atoms with Gasteiger partial charge in [-0.1, -0.05) is 18.7 Å². The number of allylic oxidation sites excluding steroid dienone is 5. The number of hydrogen-bond acceptors (Lipinski definition) is 0. The van der Waals surface area contributed by atoms with Gasteiger partial charge in [0.05, 0.1) is 6.42 Å². The van der Waals surface area contributed by atoms with Crippen molar-refractivity contribution >= 4 is 5.71 Å². The topological polar surface area (TPSA) is 36.4 Å². The predicted molar refractivity (Wildman–Crippen MR) is 40.7 cm³/mol. The molecule has 10 heavy (non-hydrogen) atoms. The van der Waals surface area contributed by atoms with Crippen LogP contribution in [0.4, 0.5) is 0 Å². The minimum Gasteiger partial charge on any atom is -0.361 e. The van der Waals surface area contributed by atoms with Gasteiger partial charge < -0.3 is 5.53 Å². The van der Waals surface area contributed by atoms with Crippen LogP contribution in [0, 0.1) is 0 Å². The lowest BCUT2D eigenvalue weighted by molar-refractivity contribution is -0.00539. The predicted octanol–water partition coefficient (Wildman–Crippen LogP) is 1.73. The smallest absolute Gasteiger partial charge is 0.295 e. The molecule has 0 saturated carbocycles. The fourth-order valence-electron chi connectivity index (χ4n) is 0.776. The third-order valence-corrected chi connectivity index (χ3v) is 1.38. The molecule has 0 aromatic rings. The average Bonchev–Trinajstić information content (AvgIpc) is 2.05. The normalized spacial score (nSPS) is 16.0. The third-order valence-electron chi connectivity index (χ3n) is 1.38. The Labute approximate surface area is 59.8 Å². The first-order valence-corrected chi connectivity index (χ1v) is 3.08. The van der Waals surface area contributed by atoms with Gasteiger partial charge in [0.25, 0.3) is 5.71 Å². The maximum atomic E-state index is 8.33. The summed E-state index contributed by atoms with van der Waals surface area (Å²) in [6, 6.07) is 0. The van der Waals surface area contributed by atoms with E-state index in [1.54, 1.807) is 12.2 Å². The van der Waals surface area contributed by atoms with Crippen LogP contribution in [0.15, 0.2) is 36.5 Å². The van der Waals surface area contributed by atoms with Gasteiger partial charge in [-0.2, -0.15) is 4.79 Å². The molecule has 50 valence electrons. The SMILES string of the molecule is C=CC1=CCC(=[N+]=[N-])C=C1. The largest absolute Gasteiger partial charge is 0.361 e. The van der Waals surface area contributed by atoms with E-state index in [9.17, 15) is 0 Å². The van der Waals surface area contributed by atoms with E-state index in [-0.39, 0.29) is 0 Å². The summed E-state index contributed by atoms with van der Waals surface area (Å²) in [5.74, 6) is 0. The molecule has 1 aliphatic carbocycles. The van der Waals surface area contributed by atoms with E-state index in [0.717, 1.165) is 5.57 Å². The molecule has 0 atom stereocenters. The lowest BCUT2D eigenvalue weighted by Crippen LogP contribution is -1.96. The van der Waals surface area contributed by atoms with E-state index in [0.29, 0.717) is 12.1 Å². The molecular weight excluding hydrogens is 124 g/mol. The lowest BCUT2D eigenvalue weighted by atomic mass is 10.1. The molecule has 0 saturated heterocycles. The Morgan fingerprint density at radius 2 is 2.40 bits per heavy atom. The second kappa shape index (κ2) is 2.95. The van der Waals surface area contributed by atoms with Gasteiger partial charge in [0.1, 0.15) is 0 Å². The molecule has 0 N–H and O–H groups in total. The van der Waals surface area contributed by atoms with Gasteiger partial charge in [0.15, 0.2) is 0 Å². The quantitative estimate of drug-likeness (QED) is 0.385. The molecule has 0 aromatic heterocycles. The summed E-state index contributed by atoms with van der Waals surface area (Å²) in [7, 11) is 0. The Kier molecular flexibility index (Phi) is 1.98. The van der Waals surface area contributed by atoms with E-state index in [1.807, 2.05) is 12.2 Å². The first-order valence-electron chi connectivity index (χ1n) is 3.08. The highest BCUT2D eigenvalue weighted by molar-refractivity contribution is 5.93. The fourth-order valence-corrected chi connectivity index (χ4v) is 0.776. The minimum absolute atomic E-state index is 0.686. The van der Waals surface area contributed by atoms with Gasteiger partial charge in [-0.15, -0.1) is 0 Å². The summed E-state index contributed by atoms with van der Waals surface area (Å²) in [6.45, 7) is 3.61. The maximum Gasteiger partial charge on any atom is 0.295 e. The second-order valence-electron chi connectivity index (χ2n) is 2.04. The molecule has 0 fully saturated rings. The number of hydrogen-bond donors (Lipinski definition) is 0. The van der Waals surface area contributed by atoms with Crippen molar-refractivity contribution in [2.45, 2.75) is 6.42 Å². The van der Waals surface area contributed by atoms with Crippen molar-refractivity contribution in [3.05, 3.63) is 42.0 Å². The molecule has 2 heteroatoms. The van der Waals surface area contributed by atoms with E-state index in [4.69, 9.17) is 5.53 Å². The van der Waals surface area contributed by atoms with Crippen LogP contribution in [0.3, 0.4) is 0 Å². The number of nitrogens with zero attached hydrogens (tertiary/aromatic N) is 2. The van der Waals surface area contributed by atoms with Crippen LogP contribution in [0.1, 0.15) is 6.42 Å². The molecular formula is C8H8N2. The van der Waals surface area contributed by atoms with Crippen molar-refractivity contribution in [2.75, 3.05) is 0 Å². The summed E-state index contributed by atoms with van der Waals surface area (Å²) in [5, 5.41) is 0. The van der Waals surface area contributed by atoms with Crippen LogP contribution in [0.5, 0.6) is 0 Å². The van der Waals surface area contributed by atoms with Gasteiger partial charge in [0, 0.05) is 6.08 Å². The summed E-state index contributed by atoms with van der Waals surface area (Å²) in [4.78, 5) is 3.07. The highest BCUT2D eigenvalue weighted by Gasteiger charge is 2.04. The van der Waals surface area contributed by atoms with Crippen molar-refractivity contribution in [2.24, 2.45) is 0 Å². The zero-order valence-electron chi connectivity index (χ0n) is 5.62. The van der Waals surface area contributed by atoms with Crippen molar-refractivity contribution < 1.29 is 4.79 Å². The van der Waals surface area contributed by atoms with E-state index >= 15 is 0 Å². The van der Waals surface area contributed by atoms with Crippen LogP contribution in [-0.4, -0.2) is 10.5 Å². The van der Waals surface area contributed by atoms with Gasteiger partial charge in [-0.25, -0.2) is 0 Å². The summed E-state index contributed by atoms with van der Waals surface area (Å²) in [6.07, 6.45) is 8.06. The molecule has 0 unspecified atom stereocenters. The molecule has 1 rings (SSSR count). The van der Waals surface area contributed by atoms with Crippen molar-refractivity contribution in [1.82, 2.24) is 0 Å². The lowest BCUT2D eigenvalue weighted by Gasteiger charge is -1.95. The highest BCUT2D eigenvalue weighted by atomic mass is 14.8. The highest BCUT2D eigenvalue weighted by Crippen LogP contribution is 2.06. The van der Waals surface area contributed by atoms with Crippen LogP contribution in [0.2, 0.25) is 0 Å². The van der Waals surface area contributed by atoms with Gasteiger partial charge in [0.2, 0.25) is 0 Å². The van der Waals surface area contributed by atoms with Crippen LogP contribution >= 0.6 is 0 Å². The minimum atomic E-state index is 0.686. The first kappa shape index (κ1) is 6.72. The summed E-state index contributed by atoms with van der Waals surface area (Å²) < 4.78 is 0. The van der Waals surface area contributed by atoms with E-state index < -0.39 is 0 Å². The number of rotatable bonds is 1. The van der Waals surface area contributed by atoms with Crippen LogP contribution in [-0.2, 0) is 0 Å². The van der Waals surface area contributed by atoms with Crippen LogP contribution < -0.4 is 0 Å². The molecule has 2 nitrogen and oxygen atoms in total. The maximum absolute atomic E-state index is 8.33. The molecule has 0 amide bonds. The first-order chi connectivity index (χ1) is 4.86. The Balaban J connectivity index is 2.81. The van der Waals surface area contributed by atoms with Crippen molar-refractivity contribution in [3.63, 3.8) is 0 Å². The Hall–Kier alpha value is -1.40. The van der Waals surface area contributed by atoms with Gasteiger partial charge in [-0.3, -0.25) is 0 Å². The average molecular weight is 132 g/mol. The fraction of sp³-hybridized carbons (Fsp3) is 0.125. The summed E-state index contributed by atoms with van der Waals surface area (Å²) >= 11 is 0. The molecule has 0 heterocycles. The Morgan fingerprint density at radius 3 is 2.80 bits per heavy atom. The Bertz CT molecular complexity index is 252. The van der Waals surface area contributed by atoms with Crippen LogP contribution in [0.25, 0.3) is 5.53 Å². The third kappa shape index (κ3) is 1.30. The van der Waals surface area contributed by atoms with E-state index in [2.05, 4.69) is 11.4 Å². The Morgan fingerprint density at radius 1 is 1.60 bits per heavy atom. The molecule has 1 aliphatic rings. The van der Waals surface area contributed by atoms with Gasteiger partial charge in [-0.05, 0) is 11.6 Å². The zero-order chi connectivity index (χ0) is 7.40. The molecule has 0 spiro atoms.